The van der Waals surface area contributed by atoms with E-state index in [1.165, 1.54) is 0 Å². The van der Waals surface area contributed by atoms with E-state index in [0.717, 1.165) is 16.2 Å². The largest absolute Gasteiger partial charge is 0.497 e. The quantitative estimate of drug-likeness (QED) is 0.378. The van der Waals surface area contributed by atoms with Crippen LogP contribution in [0.5, 0.6) is 5.75 Å². The minimum Gasteiger partial charge on any atom is -0.497 e. The van der Waals surface area contributed by atoms with Gasteiger partial charge in [-0.3, -0.25) is 0 Å². The molecule has 0 bridgehead atoms. The SMILES string of the molecule is COc1ccc(CO[C@H]2[C@@H](OC)[C@H](OC)[C@H](O[C@H]3[C@H](OC)COC(Sc4ccccc4)[C@@H]3OC)O[C@H]2C)cc1. The molecule has 0 spiro atoms. The number of hydrogen-bond acceptors (Lipinski definition) is 10. The maximum Gasteiger partial charge on any atom is 0.187 e. The Bertz CT molecular complexity index is 978. The molecule has 0 aromatic heterocycles. The fourth-order valence-corrected chi connectivity index (χ4v) is 6.12. The van der Waals surface area contributed by atoms with E-state index in [4.69, 9.17) is 42.6 Å². The molecule has 2 aromatic rings. The van der Waals surface area contributed by atoms with E-state index in [2.05, 4.69) is 0 Å². The van der Waals surface area contributed by atoms with Gasteiger partial charge >= 0.3 is 0 Å². The Balaban J connectivity index is 1.47. The molecule has 0 radical (unpaired) electrons. The van der Waals surface area contributed by atoms with Gasteiger partial charge in [0.2, 0.25) is 0 Å². The Labute approximate surface area is 235 Å². The molecule has 10 heteroatoms. The molecule has 9 atom stereocenters. The van der Waals surface area contributed by atoms with E-state index < -0.39 is 30.7 Å². The summed E-state index contributed by atoms with van der Waals surface area (Å²) in [5, 5.41) is 0. The van der Waals surface area contributed by atoms with Gasteiger partial charge in [0.05, 0.1) is 26.4 Å². The van der Waals surface area contributed by atoms with Crippen LogP contribution in [0.2, 0.25) is 0 Å². The predicted octanol–water partition coefficient (Wildman–Crippen LogP) is 3.92. The summed E-state index contributed by atoms with van der Waals surface area (Å²) < 4.78 is 54.1. The molecule has 2 fully saturated rings. The van der Waals surface area contributed by atoms with Crippen LogP contribution in [0.15, 0.2) is 59.5 Å². The van der Waals surface area contributed by atoms with Gasteiger partial charge in [0.1, 0.15) is 47.8 Å². The van der Waals surface area contributed by atoms with Gasteiger partial charge in [-0.15, -0.1) is 0 Å². The van der Waals surface area contributed by atoms with Crippen LogP contribution in [0.4, 0.5) is 0 Å². The first-order valence-corrected chi connectivity index (χ1v) is 13.9. The van der Waals surface area contributed by atoms with Crippen LogP contribution in [-0.2, 0) is 44.5 Å². The van der Waals surface area contributed by atoms with Gasteiger partial charge in [-0.2, -0.15) is 0 Å². The second-order valence-electron chi connectivity index (χ2n) is 9.44. The molecule has 0 aliphatic carbocycles. The molecular weight excluding hydrogens is 524 g/mol. The van der Waals surface area contributed by atoms with Crippen molar-refractivity contribution in [2.75, 3.05) is 42.2 Å². The number of benzene rings is 2. The van der Waals surface area contributed by atoms with Crippen LogP contribution < -0.4 is 4.74 Å². The normalized spacial score (nSPS) is 33.1. The molecule has 9 nitrogen and oxygen atoms in total. The van der Waals surface area contributed by atoms with Crippen molar-refractivity contribution in [3.8, 4) is 5.75 Å². The van der Waals surface area contributed by atoms with Crippen LogP contribution in [-0.4, -0.2) is 96.6 Å². The minimum absolute atomic E-state index is 0.297. The van der Waals surface area contributed by atoms with Crippen molar-refractivity contribution >= 4 is 11.8 Å². The highest BCUT2D eigenvalue weighted by atomic mass is 32.2. The summed E-state index contributed by atoms with van der Waals surface area (Å²) in [5.41, 5.74) is 0.717. The van der Waals surface area contributed by atoms with Crippen molar-refractivity contribution < 1.29 is 42.6 Å². The van der Waals surface area contributed by atoms with Crippen LogP contribution in [0.25, 0.3) is 0 Å². The molecule has 2 aliphatic heterocycles. The van der Waals surface area contributed by atoms with Crippen molar-refractivity contribution in [2.24, 2.45) is 0 Å². The average Bonchev–Trinajstić information content (AvgIpc) is 2.97. The highest BCUT2D eigenvalue weighted by Gasteiger charge is 2.50. The molecule has 2 heterocycles. The highest BCUT2D eigenvalue weighted by molar-refractivity contribution is 7.99. The lowest BCUT2D eigenvalue weighted by Crippen LogP contribution is -2.63. The summed E-state index contributed by atoms with van der Waals surface area (Å²) in [6.07, 6.45) is -3.69. The van der Waals surface area contributed by atoms with Crippen LogP contribution in [0.3, 0.4) is 0 Å². The third kappa shape index (κ3) is 7.32. The van der Waals surface area contributed by atoms with Gasteiger partial charge in [-0.05, 0) is 36.8 Å². The van der Waals surface area contributed by atoms with E-state index in [1.54, 1.807) is 47.3 Å². The lowest BCUT2D eigenvalue weighted by atomic mass is 9.98. The summed E-state index contributed by atoms with van der Waals surface area (Å²) in [7, 11) is 8.20. The minimum atomic E-state index is -0.739. The molecular formula is C29H40O9S. The van der Waals surface area contributed by atoms with Gasteiger partial charge in [0.15, 0.2) is 6.29 Å². The summed E-state index contributed by atoms with van der Waals surface area (Å²) in [6, 6.07) is 17.8. The van der Waals surface area contributed by atoms with E-state index >= 15 is 0 Å². The fraction of sp³-hybridized carbons (Fsp3) is 0.586. The molecule has 0 N–H and O–H groups in total. The van der Waals surface area contributed by atoms with Crippen molar-refractivity contribution in [3.05, 3.63) is 60.2 Å². The first-order valence-electron chi connectivity index (χ1n) is 13.0. The van der Waals surface area contributed by atoms with Gasteiger partial charge in [-0.25, -0.2) is 0 Å². The summed E-state index contributed by atoms with van der Waals surface area (Å²) >= 11 is 1.59. The zero-order valence-electron chi connectivity index (χ0n) is 23.4. The summed E-state index contributed by atoms with van der Waals surface area (Å²) in [6.45, 7) is 2.69. The summed E-state index contributed by atoms with van der Waals surface area (Å²) in [5.74, 6) is 0.795. The standard InChI is InChI=1S/C29H40O9S/c1-18-23(35-16-19-12-14-20(30-2)15-13-19)25(32-4)26(33-5)28(37-18)38-24-22(31-3)17-36-29(27(24)34-6)39-21-10-8-7-9-11-21/h7-15,18,22-29H,16-17H2,1-6H3/t18-,22+,23+,24-,25+,26-,27+,28-,29?/m0/s1. The highest BCUT2D eigenvalue weighted by Crippen LogP contribution is 2.36. The number of rotatable bonds is 12. The van der Waals surface area contributed by atoms with Crippen LogP contribution in [0.1, 0.15) is 12.5 Å². The Morgan fingerprint density at radius 1 is 0.769 bits per heavy atom. The topological polar surface area (TPSA) is 83.1 Å². The smallest absolute Gasteiger partial charge is 0.187 e. The second kappa shape index (κ2) is 14.8. The third-order valence-corrected chi connectivity index (χ3v) is 8.30. The van der Waals surface area contributed by atoms with Crippen molar-refractivity contribution in [1.29, 1.82) is 0 Å². The zero-order valence-corrected chi connectivity index (χ0v) is 24.2. The van der Waals surface area contributed by atoms with Crippen molar-refractivity contribution in [3.63, 3.8) is 0 Å². The predicted molar refractivity (Wildman–Crippen MR) is 146 cm³/mol. The molecule has 0 amide bonds. The third-order valence-electron chi connectivity index (χ3n) is 7.12. The Morgan fingerprint density at radius 2 is 1.46 bits per heavy atom. The van der Waals surface area contributed by atoms with Gasteiger partial charge in [0.25, 0.3) is 0 Å². The second-order valence-corrected chi connectivity index (χ2v) is 10.6. The molecule has 216 valence electrons. The van der Waals surface area contributed by atoms with E-state index in [0.29, 0.717) is 13.2 Å². The van der Waals surface area contributed by atoms with Gasteiger partial charge in [-0.1, -0.05) is 42.1 Å². The summed E-state index contributed by atoms with van der Waals surface area (Å²) in [4.78, 5) is 1.08. The monoisotopic (exact) mass is 564 g/mol. The number of ether oxygens (including phenoxy) is 9. The molecule has 4 rings (SSSR count). The van der Waals surface area contributed by atoms with E-state index in [1.807, 2.05) is 61.5 Å². The Kier molecular flexibility index (Phi) is 11.5. The first-order chi connectivity index (χ1) is 19.0. The molecule has 1 unspecified atom stereocenters. The van der Waals surface area contributed by atoms with Crippen molar-refractivity contribution in [1.82, 2.24) is 0 Å². The zero-order chi connectivity index (χ0) is 27.8. The molecule has 0 saturated carbocycles. The lowest BCUT2D eigenvalue weighted by molar-refractivity contribution is -0.339. The van der Waals surface area contributed by atoms with Crippen molar-refractivity contribution in [2.45, 2.75) is 72.9 Å². The molecule has 2 saturated heterocycles. The molecule has 2 aromatic carbocycles. The van der Waals surface area contributed by atoms with Gasteiger partial charge < -0.3 is 42.6 Å². The van der Waals surface area contributed by atoms with Crippen LogP contribution in [0, 0.1) is 0 Å². The fourth-order valence-electron chi connectivity index (χ4n) is 4.99. The lowest BCUT2D eigenvalue weighted by Gasteiger charge is -2.47. The average molecular weight is 565 g/mol. The number of hydrogen-bond donors (Lipinski definition) is 0. The Morgan fingerprint density at radius 3 is 2.08 bits per heavy atom. The first kappa shape index (κ1) is 30.2. The van der Waals surface area contributed by atoms with Crippen LogP contribution >= 0.6 is 11.8 Å². The number of thioether (sulfide) groups is 1. The Hall–Kier alpha value is -1.73. The van der Waals surface area contributed by atoms with Gasteiger partial charge in [0, 0.05) is 33.3 Å². The number of methoxy groups -OCH3 is 5. The molecule has 39 heavy (non-hydrogen) atoms. The van der Waals surface area contributed by atoms with E-state index in [-0.39, 0.29) is 23.7 Å². The maximum atomic E-state index is 6.61. The van der Waals surface area contributed by atoms with E-state index in [9.17, 15) is 0 Å². The maximum absolute atomic E-state index is 6.61. The molecule has 2 aliphatic rings.